The number of amides is 1. The molecule has 1 aromatic carbocycles. The average Bonchev–Trinajstić information content (AvgIpc) is 2.14. The van der Waals surface area contributed by atoms with E-state index in [0.29, 0.717) is 5.56 Å². The fourth-order valence-electron chi connectivity index (χ4n) is 1.35. The van der Waals surface area contributed by atoms with Gasteiger partial charge in [-0.1, -0.05) is 11.6 Å². The van der Waals surface area contributed by atoms with Gasteiger partial charge >= 0.3 is 6.18 Å². The number of alkyl halides is 3. The normalized spacial score (nSPS) is 11.7. The topological polar surface area (TPSA) is 32.3 Å². The summed E-state index contributed by atoms with van der Waals surface area (Å²) in [5.74, 6) is -0.776. The molecule has 3 nitrogen and oxygen atoms in total. The Morgan fingerprint density at radius 1 is 1.29 bits per heavy atom. The quantitative estimate of drug-likeness (QED) is 0.811. The summed E-state index contributed by atoms with van der Waals surface area (Å²) in [7, 11) is 3.05. The molecule has 0 saturated carbocycles. The number of carbonyl (C=O) groups excluding carboxylic acids is 1. The van der Waals surface area contributed by atoms with E-state index >= 15 is 0 Å². The van der Waals surface area contributed by atoms with Crippen molar-refractivity contribution in [2.45, 2.75) is 13.1 Å². The van der Waals surface area contributed by atoms with Gasteiger partial charge in [-0.25, -0.2) is 5.01 Å². The molecule has 0 atom stereocenters. The molecule has 0 fully saturated rings. The molecule has 0 aliphatic heterocycles. The average molecular weight is 246 g/mol. The van der Waals surface area contributed by atoms with Crippen LogP contribution in [0.3, 0.4) is 0 Å². The molecule has 0 aliphatic rings. The first-order valence-corrected chi connectivity index (χ1v) is 4.88. The highest BCUT2D eigenvalue weighted by molar-refractivity contribution is 5.95. The SMILES string of the molecule is Cc1ccc(C(=O)NN(C)C)c(C(F)(F)F)c1. The van der Waals surface area contributed by atoms with E-state index in [-0.39, 0.29) is 5.56 Å². The molecule has 0 bridgehead atoms. The third-order valence-electron chi connectivity index (χ3n) is 2.05. The lowest BCUT2D eigenvalue weighted by molar-refractivity contribution is -0.138. The number of hydrogen-bond donors (Lipinski definition) is 1. The minimum Gasteiger partial charge on any atom is -0.285 e. The van der Waals surface area contributed by atoms with Crippen LogP contribution in [0.2, 0.25) is 0 Å². The van der Waals surface area contributed by atoms with Crippen LogP contribution in [0.5, 0.6) is 0 Å². The predicted octanol–water partition coefficient (Wildman–Crippen LogP) is 2.22. The molecule has 1 amide bonds. The van der Waals surface area contributed by atoms with Crippen molar-refractivity contribution in [3.8, 4) is 0 Å². The summed E-state index contributed by atoms with van der Waals surface area (Å²) in [6, 6.07) is 3.61. The summed E-state index contributed by atoms with van der Waals surface area (Å²) in [5, 5.41) is 1.29. The first-order chi connectivity index (χ1) is 7.71. The second kappa shape index (κ2) is 4.75. The molecule has 0 heterocycles. The first-order valence-electron chi connectivity index (χ1n) is 4.88. The van der Waals surface area contributed by atoms with Gasteiger partial charge in [-0.2, -0.15) is 13.2 Å². The van der Waals surface area contributed by atoms with Crippen LogP contribution >= 0.6 is 0 Å². The maximum atomic E-state index is 12.7. The molecule has 0 aromatic heterocycles. The van der Waals surface area contributed by atoms with Crippen LogP contribution in [0.25, 0.3) is 0 Å². The van der Waals surface area contributed by atoms with Crippen molar-refractivity contribution in [3.63, 3.8) is 0 Å². The first kappa shape index (κ1) is 13.5. The monoisotopic (exact) mass is 246 g/mol. The third kappa shape index (κ3) is 3.45. The van der Waals surface area contributed by atoms with Crippen molar-refractivity contribution >= 4 is 5.91 Å². The van der Waals surface area contributed by atoms with Gasteiger partial charge < -0.3 is 0 Å². The van der Waals surface area contributed by atoms with Gasteiger partial charge in [-0.05, 0) is 19.1 Å². The molecule has 0 radical (unpaired) electrons. The van der Waals surface area contributed by atoms with Gasteiger partial charge in [0.1, 0.15) is 0 Å². The molecule has 0 unspecified atom stereocenters. The minimum atomic E-state index is -4.54. The van der Waals surface area contributed by atoms with Gasteiger partial charge in [0, 0.05) is 14.1 Å². The number of benzene rings is 1. The zero-order valence-electron chi connectivity index (χ0n) is 9.72. The number of nitrogens with one attached hydrogen (secondary N) is 1. The minimum absolute atomic E-state index is 0.378. The van der Waals surface area contributed by atoms with E-state index in [0.717, 1.165) is 6.07 Å². The van der Waals surface area contributed by atoms with Crippen molar-refractivity contribution in [2.24, 2.45) is 0 Å². The van der Waals surface area contributed by atoms with Gasteiger partial charge in [0.05, 0.1) is 11.1 Å². The molecule has 0 saturated heterocycles. The molecular formula is C11H13F3N2O. The van der Waals surface area contributed by atoms with Crippen LogP contribution in [0.1, 0.15) is 21.5 Å². The van der Waals surface area contributed by atoms with E-state index in [4.69, 9.17) is 0 Å². The summed E-state index contributed by atoms with van der Waals surface area (Å²) in [6.07, 6.45) is -4.54. The van der Waals surface area contributed by atoms with Crippen molar-refractivity contribution < 1.29 is 18.0 Å². The smallest absolute Gasteiger partial charge is 0.285 e. The molecule has 17 heavy (non-hydrogen) atoms. The highest BCUT2D eigenvalue weighted by Gasteiger charge is 2.35. The van der Waals surface area contributed by atoms with Crippen LogP contribution in [0, 0.1) is 6.92 Å². The fourth-order valence-corrected chi connectivity index (χ4v) is 1.35. The maximum absolute atomic E-state index is 12.7. The van der Waals surface area contributed by atoms with Crippen molar-refractivity contribution in [1.29, 1.82) is 0 Å². The van der Waals surface area contributed by atoms with E-state index in [2.05, 4.69) is 5.43 Å². The van der Waals surface area contributed by atoms with E-state index in [1.54, 1.807) is 6.92 Å². The van der Waals surface area contributed by atoms with Crippen molar-refractivity contribution in [1.82, 2.24) is 10.4 Å². The van der Waals surface area contributed by atoms with Crippen molar-refractivity contribution in [3.05, 3.63) is 34.9 Å². The highest BCUT2D eigenvalue weighted by atomic mass is 19.4. The van der Waals surface area contributed by atoms with E-state index < -0.39 is 17.6 Å². The van der Waals surface area contributed by atoms with Crippen LogP contribution in [0.4, 0.5) is 13.2 Å². The zero-order chi connectivity index (χ0) is 13.2. The highest BCUT2D eigenvalue weighted by Crippen LogP contribution is 2.32. The number of carbonyl (C=O) groups is 1. The third-order valence-corrected chi connectivity index (χ3v) is 2.05. The number of nitrogens with zero attached hydrogens (tertiary/aromatic N) is 1. The summed E-state index contributed by atoms with van der Waals surface area (Å²) in [5.41, 5.74) is 1.44. The Kier molecular flexibility index (Phi) is 3.77. The second-order valence-corrected chi connectivity index (χ2v) is 3.88. The number of hydrogen-bond acceptors (Lipinski definition) is 2. The summed E-state index contributed by atoms with van der Waals surface area (Å²) in [6.45, 7) is 1.54. The van der Waals surface area contributed by atoms with Crippen LogP contribution < -0.4 is 5.43 Å². The summed E-state index contributed by atoms with van der Waals surface area (Å²) < 4.78 is 38.2. The largest absolute Gasteiger partial charge is 0.417 e. The Morgan fingerprint density at radius 3 is 2.35 bits per heavy atom. The Morgan fingerprint density at radius 2 is 1.88 bits per heavy atom. The summed E-state index contributed by atoms with van der Waals surface area (Å²) >= 11 is 0. The number of halogens is 3. The van der Waals surface area contributed by atoms with E-state index in [1.165, 1.54) is 31.2 Å². The molecule has 6 heteroatoms. The van der Waals surface area contributed by atoms with Gasteiger partial charge in [0.25, 0.3) is 5.91 Å². The Labute approximate surface area is 97.2 Å². The fraction of sp³-hybridized carbons (Fsp3) is 0.364. The molecule has 0 aliphatic carbocycles. The Bertz CT molecular complexity index is 427. The predicted molar refractivity (Wildman–Crippen MR) is 57.3 cm³/mol. The van der Waals surface area contributed by atoms with Gasteiger partial charge in [0.15, 0.2) is 0 Å². The van der Waals surface area contributed by atoms with E-state index in [1.807, 2.05) is 0 Å². The van der Waals surface area contributed by atoms with Crippen LogP contribution in [-0.2, 0) is 6.18 Å². The maximum Gasteiger partial charge on any atom is 0.417 e. The van der Waals surface area contributed by atoms with Crippen molar-refractivity contribution in [2.75, 3.05) is 14.1 Å². The van der Waals surface area contributed by atoms with Crippen LogP contribution in [-0.4, -0.2) is 25.0 Å². The lowest BCUT2D eigenvalue weighted by atomic mass is 10.0. The van der Waals surface area contributed by atoms with Gasteiger partial charge in [0.2, 0.25) is 0 Å². The van der Waals surface area contributed by atoms with E-state index in [9.17, 15) is 18.0 Å². The molecule has 1 aromatic rings. The Balaban J connectivity index is 3.20. The number of hydrazine groups is 1. The summed E-state index contributed by atoms with van der Waals surface area (Å²) in [4.78, 5) is 11.6. The van der Waals surface area contributed by atoms with Gasteiger partial charge in [-0.3, -0.25) is 10.2 Å². The molecule has 1 N–H and O–H groups in total. The number of aryl methyl sites for hydroxylation is 1. The lowest BCUT2D eigenvalue weighted by Crippen LogP contribution is -2.37. The molecule has 94 valence electrons. The molecule has 1 rings (SSSR count). The number of rotatable bonds is 2. The standard InChI is InChI=1S/C11H13F3N2O/c1-7-4-5-8(10(17)15-16(2)3)9(6-7)11(12,13)14/h4-6H,1-3H3,(H,15,17). The Hall–Kier alpha value is -1.56. The lowest BCUT2D eigenvalue weighted by Gasteiger charge is -2.16. The molecular weight excluding hydrogens is 233 g/mol. The van der Waals surface area contributed by atoms with Crippen LogP contribution in [0.15, 0.2) is 18.2 Å². The zero-order valence-corrected chi connectivity index (χ0v) is 9.72. The second-order valence-electron chi connectivity index (χ2n) is 3.88. The van der Waals surface area contributed by atoms with Gasteiger partial charge in [-0.15, -0.1) is 0 Å². The molecule has 0 spiro atoms.